The molecule has 92 valence electrons. The van der Waals surface area contributed by atoms with Gasteiger partial charge in [-0.15, -0.1) is 0 Å². The highest BCUT2D eigenvalue weighted by molar-refractivity contribution is 5.87. The van der Waals surface area contributed by atoms with Gasteiger partial charge in [0.1, 0.15) is 0 Å². The monoisotopic (exact) mass is 242 g/mol. The van der Waals surface area contributed by atoms with Crippen molar-refractivity contribution >= 4 is 5.97 Å². The summed E-state index contributed by atoms with van der Waals surface area (Å²) in [5, 5.41) is 12.9. The van der Waals surface area contributed by atoms with Gasteiger partial charge in [-0.25, -0.2) is 4.79 Å². The summed E-state index contributed by atoms with van der Waals surface area (Å²) in [5.74, 6) is -0.988. The fourth-order valence-corrected chi connectivity index (χ4v) is 2.57. The van der Waals surface area contributed by atoms with Crippen LogP contribution in [0.4, 0.5) is 0 Å². The molecule has 1 aliphatic rings. The normalized spacial score (nSPS) is 13.6. The summed E-state index contributed by atoms with van der Waals surface area (Å²) in [6.45, 7) is 0. The molecule has 0 spiro atoms. The van der Waals surface area contributed by atoms with Crippen molar-refractivity contribution in [2.24, 2.45) is 7.05 Å². The van der Waals surface area contributed by atoms with E-state index in [4.69, 9.17) is 5.11 Å². The van der Waals surface area contributed by atoms with Gasteiger partial charge < -0.3 is 5.11 Å². The Labute approximate surface area is 105 Å². The summed E-state index contributed by atoms with van der Waals surface area (Å²) in [4.78, 5) is 10.9. The van der Waals surface area contributed by atoms with Gasteiger partial charge in [0.2, 0.25) is 0 Å². The smallest absolute Gasteiger partial charge is 0.356 e. The van der Waals surface area contributed by atoms with Gasteiger partial charge in [0, 0.05) is 12.6 Å². The van der Waals surface area contributed by atoms with Gasteiger partial charge in [-0.3, -0.25) is 4.68 Å². The molecule has 3 rings (SSSR count). The molecule has 1 aromatic heterocycles. The molecule has 0 fully saturated rings. The number of nitrogens with zero attached hydrogens (tertiary/aromatic N) is 2. The third-order valence-corrected chi connectivity index (χ3v) is 3.49. The predicted molar refractivity (Wildman–Crippen MR) is 67.6 cm³/mol. The molecule has 0 unspecified atom stereocenters. The van der Waals surface area contributed by atoms with E-state index >= 15 is 0 Å². The quantitative estimate of drug-likeness (QED) is 0.879. The van der Waals surface area contributed by atoms with E-state index in [9.17, 15) is 4.79 Å². The van der Waals surface area contributed by atoms with Crippen LogP contribution in [0, 0.1) is 0 Å². The van der Waals surface area contributed by atoms with Crippen LogP contribution >= 0.6 is 0 Å². The van der Waals surface area contributed by atoms with Crippen molar-refractivity contribution in [2.75, 3.05) is 0 Å². The number of carboxylic acid groups (broad SMARTS) is 1. The lowest BCUT2D eigenvalue weighted by molar-refractivity contribution is 0.0689. The summed E-state index contributed by atoms with van der Waals surface area (Å²) in [5.41, 5.74) is 4.78. The van der Waals surface area contributed by atoms with Crippen LogP contribution in [0.1, 0.15) is 28.0 Å². The molecule has 0 saturated heterocycles. The van der Waals surface area contributed by atoms with Crippen molar-refractivity contribution in [3.05, 3.63) is 41.1 Å². The molecule has 0 radical (unpaired) electrons. The maximum atomic E-state index is 10.9. The molecular weight excluding hydrogens is 228 g/mol. The van der Waals surface area contributed by atoms with Crippen molar-refractivity contribution in [3.63, 3.8) is 0 Å². The minimum absolute atomic E-state index is 0.0907. The highest BCUT2D eigenvalue weighted by Crippen LogP contribution is 2.28. The summed E-state index contributed by atoms with van der Waals surface area (Å²) in [6, 6.07) is 7.97. The SMILES string of the molecule is Cn1nc(C(=O)O)cc1-c1ccc2c(c1)CCC2. The van der Waals surface area contributed by atoms with E-state index in [2.05, 4.69) is 17.2 Å². The van der Waals surface area contributed by atoms with E-state index < -0.39 is 5.97 Å². The fraction of sp³-hybridized carbons (Fsp3) is 0.286. The number of hydrogen-bond acceptors (Lipinski definition) is 2. The highest BCUT2D eigenvalue weighted by atomic mass is 16.4. The number of carbonyl (C=O) groups is 1. The first-order valence-corrected chi connectivity index (χ1v) is 6.04. The summed E-state index contributed by atoms with van der Waals surface area (Å²) >= 11 is 0. The predicted octanol–water partition coefficient (Wildman–Crippen LogP) is 2.27. The molecule has 1 N–H and O–H groups in total. The minimum Gasteiger partial charge on any atom is -0.476 e. The van der Waals surface area contributed by atoms with Crippen molar-refractivity contribution in [2.45, 2.75) is 19.3 Å². The van der Waals surface area contributed by atoms with E-state index in [0.717, 1.165) is 24.1 Å². The van der Waals surface area contributed by atoms with Crippen LogP contribution in [0.2, 0.25) is 0 Å². The highest BCUT2D eigenvalue weighted by Gasteiger charge is 2.15. The lowest BCUT2D eigenvalue weighted by Gasteiger charge is -2.05. The van der Waals surface area contributed by atoms with E-state index in [0.29, 0.717) is 0 Å². The Morgan fingerprint density at radius 3 is 2.78 bits per heavy atom. The van der Waals surface area contributed by atoms with Gasteiger partial charge in [-0.05, 0) is 42.5 Å². The summed E-state index contributed by atoms with van der Waals surface area (Å²) in [6.07, 6.45) is 3.48. The maximum absolute atomic E-state index is 10.9. The lowest BCUT2D eigenvalue weighted by Crippen LogP contribution is -1.99. The molecule has 4 nitrogen and oxygen atoms in total. The topological polar surface area (TPSA) is 55.1 Å². The molecule has 0 bridgehead atoms. The maximum Gasteiger partial charge on any atom is 0.356 e. The standard InChI is InChI=1S/C14H14N2O2/c1-16-13(8-12(15-16)14(17)18)11-6-5-9-3-2-4-10(9)7-11/h5-8H,2-4H2,1H3,(H,17,18). The first-order valence-electron chi connectivity index (χ1n) is 6.04. The first kappa shape index (κ1) is 11.0. The molecule has 0 atom stereocenters. The molecular formula is C14H14N2O2. The zero-order chi connectivity index (χ0) is 12.7. The van der Waals surface area contributed by atoms with Crippen molar-refractivity contribution in [3.8, 4) is 11.3 Å². The zero-order valence-electron chi connectivity index (χ0n) is 10.2. The van der Waals surface area contributed by atoms with E-state index in [1.165, 1.54) is 17.5 Å². The van der Waals surface area contributed by atoms with Crippen LogP contribution in [0.25, 0.3) is 11.3 Å². The second-order valence-electron chi connectivity index (χ2n) is 4.68. The molecule has 0 amide bonds. The number of fused-ring (bicyclic) bond motifs is 1. The van der Waals surface area contributed by atoms with Gasteiger partial charge >= 0.3 is 5.97 Å². The second kappa shape index (κ2) is 3.98. The fourth-order valence-electron chi connectivity index (χ4n) is 2.57. The molecule has 1 heterocycles. The molecule has 2 aromatic rings. The van der Waals surface area contributed by atoms with Gasteiger partial charge in [0.15, 0.2) is 5.69 Å². The number of rotatable bonds is 2. The van der Waals surface area contributed by atoms with Gasteiger partial charge in [-0.1, -0.05) is 12.1 Å². The number of aryl methyl sites for hydroxylation is 3. The van der Waals surface area contributed by atoms with Gasteiger partial charge in [0.05, 0.1) is 5.69 Å². The van der Waals surface area contributed by atoms with Gasteiger partial charge in [0.25, 0.3) is 0 Å². The molecule has 1 aromatic carbocycles. The number of hydrogen-bond donors (Lipinski definition) is 1. The second-order valence-corrected chi connectivity index (χ2v) is 4.68. The molecule has 4 heteroatoms. The average Bonchev–Trinajstić information content (AvgIpc) is 2.93. The van der Waals surface area contributed by atoms with Crippen molar-refractivity contribution in [1.29, 1.82) is 0 Å². The Morgan fingerprint density at radius 2 is 2.06 bits per heavy atom. The Bertz CT molecular complexity index is 629. The molecule has 0 saturated carbocycles. The largest absolute Gasteiger partial charge is 0.476 e. The average molecular weight is 242 g/mol. The molecule has 0 aliphatic heterocycles. The summed E-state index contributed by atoms with van der Waals surface area (Å²) in [7, 11) is 1.77. The van der Waals surface area contributed by atoms with Crippen LogP contribution < -0.4 is 0 Å². The van der Waals surface area contributed by atoms with Crippen molar-refractivity contribution in [1.82, 2.24) is 9.78 Å². The Morgan fingerprint density at radius 1 is 1.28 bits per heavy atom. The number of carboxylic acids is 1. The van der Waals surface area contributed by atoms with Crippen LogP contribution in [0.5, 0.6) is 0 Å². The zero-order valence-corrected chi connectivity index (χ0v) is 10.2. The lowest BCUT2D eigenvalue weighted by atomic mass is 10.0. The van der Waals surface area contributed by atoms with E-state index in [-0.39, 0.29) is 5.69 Å². The minimum atomic E-state index is -0.988. The van der Waals surface area contributed by atoms with Crippen LogP contribution in [-0.2, 0) is 19.9 Å². The Kier molecular flexibility index (Phi) is 2.44. The Balaban J connectivity index is 2.07. The summed E-state index contributed by atoms with van der Waals surface area (Å²) < 4.78 is 1.63. The third-order valence-electron chi connectivity index (χ3n) is 3.49. The molecule has 18 heavy (non-hydrogen) atoms. The number of aromatic carboxylic acids is 1. The Hall–Kier alpha value is -2.10. The van der Waals surface area contributed by atoms with E-state index in [1.807, 2.05) is 6.07 Å². The van der Waals surface area contributed by atoms with Crippen LogP contribution in [-0.4, -0.2) is 20.9 Å². The van der Waals surface area contributed by atoms with Gasteiger partial charge in [-0.2, -0.15) is 5.10 Å². The van der Waals surface area contributed by atoms with Crippen molar-refractivity contribution < 1.29 is 9.90 Å². The third kappa shape index (κ3) is 1.70. The number of aromatic nitrogens is 2. The number of benzene rings is 1. The first-order chi connectivity index (χ1) is 8.65. The van der Waals surface area contributed by atoms with Crippen LogP contribution in [0.15, 0.2) is 24.3 Å². The van der Waals surface area contributed by atoms with Crippen LogP contribution in [0.3, 0.4) is 0 Å². The van der Waals surface area contributed by atoms with E-state index in [1.54, 1.807) is 17.8 Å². The molecule has 1 aliphatic carbocycles.